The molecule has 2 N–H and O–H groups in total. The van der Waals surface area contributed by atoms with Crippen molar-refractivity contribution in [3.05, 3.63) is 36.5 Å². The number of anilines is 2. The second kappa shape index (κ2) is 9.28. The SMILES string of the molecule is CCCCCNc1ccc(NS(=O)(=O)c2cc(OC)ccc2OC)nc1. The molecule has 0 spiro atoms. The molecule has 8 heteroatoms. The minimum Gasteiger partial charge on any atom is -0.497 e. The molecular formula is C18H25N3O4S. The van der Waals surface area contributed by atoms with Gasteiger partial charge in [-0.05, 0) is 30.7 Å². The maximum Gasteiger partial charge on any atom is 0.266 e. The minimum absolute atomic E-state index is 0.0112. The topological polar surface area (TPSA) is 89.5 Å². The average Bonchev–Trinajstić information content (AvgIpc) is 2.65. The maximum absolute atomic E-state index is 12.7. The van der Waals surface area contributed by atoms with Crippen LogP contribution in [0, 0.1) is 0 Å². The zero-order chi connectivity index (χ0) is 19.0. The van der Waals surface area contributed by atoms with Crippen molar-refractivity contribution >= 4 is 21.5 Å². The Hall–Kier alpha value is -2.48. The first-order valence-electron chi connectivity index (χ1n) is 8.45. The van der Waals surface area contributed by atoms with E-state index in [4.69, 9.17) is 9.47 Å². The highest BCUT2D eigenvalue weighted by Crippen LogP contribution is 2.29. The first kappa shape index (κ1) is 19.8. The fourth-order valence-electron chi connectivity index (χ4n) is 2.35. The summed E-state index contributed by atoms with van der Waals surface area (Å²) in [6, 6.07) is 8.00. The lowest BCUT2D eigenvalue weighted by Gasteiger charge is -2.13. The van der Waals surface area contributed by atoms with Gasteiger partial charge in [-0.25, -0.2) is 13.4 Å². The quantitative estimate of drug-likeness (QED) is 0.614. The fourth-order valence-corrected chi connectivity index (χ4v) is 3.55. The van der Waals surface area contributed by atoms with E-state index in [0.717, 1.165) is 25.1 Å². The van der Waals surface area contributed by atoms with Gasteiger partial charge in [0.05, 0.1) is 26.1 Å². The third-order valence-electron chi connectivity index (χ3n) is 3.77. The Labute approximate surface area is 154 Å². The van der Waals surface area contributed by atoms with E-state index in [0.29, 0.717) is 5.75 Å². The summed E-state index contributed by atoms with van der Waals surface area (Å²) in [6.45, 7) is 3.02. The summed E-state index contributed by atoms with van der Waals surface area (Å²) in [4.78, 5) is 4.15. The van der Waals surface area contributed by atoms with Crippen molar-refractivity contribution in [3.63, 3.8) is 0 Å². The predicted molar refractivity (Wildman–Crippen MR) is 103 cm³/mol. The number of hydrogen-bond acceptors (Lipinski definition) is 6. The summed E-state index contributed by atoms with van der Waals surface area (Å²) >= 11 is 0. The van der Waals surface area contributed by atoms with E-state index in [1.54, 1.807) is 30.5 Å². The Balaban J connectivity index is 2.12. The van der Waals surface area contributed by atoms with Crippen molar-refractivity contribution in [2.75, 3.05) is 30.8 Å². The highest BCUT2D eigenvalue weighted by Gasteiger charge is 2.21. The van der Waals surface area contributed by atoms with Gasteiger partial charge in [-0.1, -0.05) is 19.8 Å². The number of unbranched alkanes of at least 4 members (excludes halogenated alkanes) is 2. The molecule has 142 valence electrons. The highest BCUT2D eigenvalue weighted by atomic mass is 32.2. The molecule has 7 nitrogen and oxygen atoms in total. The fraction of sp³-hybridized carbons (Fsp3) is 0.389. The molecule has 0 amide bonds. The molecule has 0 radical (unpaired) electrons. The van der Waals surface area contributed by atoms with Gasteiger partial charge in [0.2, 0.25) is 0 Å². The minimum atomic E-state index is -3.86. The van der Waals surface area contributed by atoms with Gasteiger partial charge in [0.25, 0.3) is 10.0 Å². The van der Waals surface area contributed by atoms with E-state index in [2.05, 4.69) is 21.9 Å². The molecule has 0 atom stereocenters. The van der Waals surface area contributed by atoms with Crippen LogP contribution in [0.4, 0.5) is 11.5 Å². The second-order valence-corrected chi connectivity index (χ2v) is 7.34. The summed E-state index contributed by atoms with van der Waals surface area (Å²) in [7, 11) is -0.977. The van der Waals surface area contributed by atoms with E-state index in [9.17, 15) is 8.42 Å². The third kappa shape index (κ3) is 5.26. The first-order valence-corrected chi connectivity index (χ1v) is 9.93. The van der Waals surface area contributed by atoms with Crippen LogP contribution in [0.2, 0.25) is 0 Å². The van der Waals surface area contributed by atoms with Crippen LogP contribution in [-0.2, 0) is 10.0 Å². The van der Waals surface area contributed by atoms with Gasteiger partial charge in [0, 0.05) is 12.6 Å². The van der Waals surface area contributed by atoms with Gasteiger partial charge >= 0.3 is 0 Å². The number of methoxy groups -OCH3 is 2. The molecule has 0 aliphatic carbocycles. The Morgan fingerprint density at radius 3 is 2.50 bits per heavy atom. The van der Waals surface area contributed by atoms with Crippen molar-refractivity contribution < 1.29 is 17.9 Å². The first-order chi connectivity index (χ1) is 12.5. The summed E-state index contributed by atoms with van der Waals surface area (Å²) in [6.07, 6.45) is 5.02. The van der Waals surface area contributed by atoms with Gasteiger partial charge in [-0.3, -0.25) is 4.72 Å². The van der Waals surface area contributed by atoms with E-state index in [-0.39, 0.29) is 16.5 Å². The van der Waals surface area contributed by atoms with Crippen molar-refractivity contribution in [2.45, 2.75) is 31.1 Å². The molecule has 1 heterocycles. The number of pyridine rings is 1. The Kier molecular flexibility index (Phi) is 7.08. The smallest absolute Gasteiger partial charge is 0.266 e. The molecule has 0 unspecified atom stereocenters. The molecule has 0 aliphatic rings. The molecule has 1 aromatic carbocycles. The number of hydrogen-bond donors (Lipinski definition) is 2. The number of benzene rings is 1. The van der Waals surface area contributed by atoms with E-state index in [1.807, 2.05) is 0 Å². The zero-order valence-corrected chi connectivity index (χ0v) is 16.1. The predicted octanol–water partition coefficient (Wildman–Crippen LogP) is 3.50. The molecule has 0 saturated heterocycles. The van der Waals surface area contributed by atoms with Crippen molar-refractivity contribution in [1.82, 2.24) is 4.98 Å². The van der Waals surface area contributed by atoms with Gasteiger partial charge < -0.3 is 14.8 Å². The Morgan fingerprint density at radius 2 is 1.88 bits per heavy atom. The van der Waals surface area contributed by atoms with Crippen LogP contribution in [0.3, 0.4) is 0 Å². The number of rotatable bonds is 10. The van der Waals surface area contributed by atoms with Crippen LogP contribution in [0.25, 0.3) is 0 Å². The number of nitrogens with zero attached hydrogens (tertiary/aromatic N) is 1. The summed E-state index contributed by atoms with van der Waals surface area (Å²) in [5.41, 5.74) is 0.850. The monoisotopic (exact) mass is 379 g/mol. The zero-order valence-electron chi connectivity index (χ0n) is 15.3. The molecule has 2 rings (SSSR count). The molecule has 0 fully saturated rings. The lowest BCUT2D eigenvalue weighted by atomic mass is 10.2. The molecule has 0 aliphatic heterocycles. The normalized spacial score (nSPS) is 11.0. The molecule has 0 bridgehead atoms. The molecule has 1 aromatic heterocycles. The van der Waals surface area contributed by atoms with Crippen LogP contribution in [0.15, 0.2) is 41.4 Å². The lowest BCUT2D eigenvalue weighted by Crippen LogP contribution is -2.15. The molecule has 0 saturated carbocycles. The molecule has 26 heavy (non-hydrogen) atoms. The number of nitrogens with one attached hydrogen (secondary N) is 2. The molecular weight excluding hydrogens is 354 g/mol. The summed E-state index contributed by atoms with van der Waals surface area (Å²) < 4.78 is 38.1. The van der Waals surface area contributed by atoms with Gasteiger partial charge in [-0.2, -0.15) is 0 Å². The Morgan fingerprint density at radius 1 is 1.08 bits per heavy atom. The van der Waals surface area contributed by atoms with E-state index < -0.39 is 10.0 Å². The summed E-state index contributed by atoms with van der Waals surface area (Å²) in [5, 5.41) is 3.26. The summed E-state index contributed by atoms with van der Waals surface area (Å²) in [5.74, 6) is 0.882. The van der Waals surface area contributed by atoms with Crippen LogP contribution in [0.5, 0.6) is 11.5 Å². The van der Waals surface area contributed by atoms with Gasteiger partial charge in [0.15, 0.2) is 0 Å². The highest BCUT2D eigenvalue weighted by molar-refractivity contribution is 7.92. The number of aromatic nitrogens is 1. The number of sulfonamides is 1. The standard InChI is InChI=1S/C18H25N3O4S/c1-4-5-6-11-19-14-7-10-18(20-13-14)21-26(22,23)17-12-15(24-2)8-9-16(17)25-3/h7-10,12-13,19H,4-6,11H2,1-3H3,(H,20,21). The lowest BCUT2D eigenvalue weighted by molar-refractivity contribution is 0.392. The average molecular weight is 379 g/mol. The van der Waals surface area contributed by atoms with Crippen LogP contribution in [-0.4, -0.2) is 34.2 Å². The van der Waals surface area contributed by atoms with Crippen LogP contribution >= 0.6 is 0 Å². The van der Waals surface area contributed by atoms with Gasteiger partial charge in [0.1, 0.15) is 22.2 Å². The number of ether oxygens (including phenoxy) is 2. The van der Waals surface area contributed by atoms with E-state index in [1.165, 1.54) is 26.7 Å². The van der Waals surface area contributed by atoms with Crippen LogP contribution < -0.4 is 19.5 Å². The largest absolute Gasteiger partial charge is 0.497 e. The van der Waals surface area contributed by atoms with Gasteiger partial charge in [-0.15, -0.1) is 0 Å². The molecule has 2 aromatic rings. The van der Waals surface area contributed by atoms with Crippen molar-refractivity contribution in [3.8, 4) is 11.5 Å². The Bertz CT molecular complexity index is 808. The van der Waals surface area contributed by atoms with Crippen LogP contribution in [0.1, 0.15) is 26.2 Å². The second-order valence-electron chi connectivity index (χ2n) is 5.69. The third-order valence-corrected chi connectivity index (χ3v) is 5.15. The van der Waals surface area contributed by atoms with Crippen molar-refractivity contribution in [2.24, 2.45) is 0 Å². The maximum atomic E-state index is 12.7. The van der Waals surface area contributed by atoms with E-state index >= 15 is 0 Å². The van der Waals surface area contributed by atoms with Crippen molar-refractivity contribution in [1.29, 1.82) is 0 Å².